The molecule has 0 spiro atoms. The number of benzene rings is 2. The van der Waals surface area contributed by atoms with E-state index in [1.807, 2.05) is 34.9 Å². The fourth-order valence-corrected chi connectivity index (χ4v) is 3.18. The third-order valence-corrected chi connectivity index (χ3v) is 4.56. The summed E-state index contributed by atoms with van der Waals surface area (Å²) >= 11 is 0. The first kappa shape index (κ1) is 18.3. The Bertz CT molecular complexity index is 1410. The number of nitrogens with zero attached hydrogens (tertiary/aromatic N) is 5. The summed E-state index contributed by atoms with van der Waals surface area (Å²) in [4.78, 5) is 20.1. The monoisotopic (exact) mass is 414 g/mol. The second-order valence-electron chi connectivity index (χ2n) is 6.55. The molecule has 0 bridgehead atoms. The zero-order valence-corrected chi connectivity index (χ0v) is 15.8. The van der Waals surface area contributed by atoms with Crippen LogP contribution in [0.1, 0.15) is 10.4 Å². The Labute approximate surface area is 174 Å². The molecule has 5 aromatic rings. The molecule has 10 nitrogen and oxygen atoms in total. The highest BCUT2D eigenvalue weighted by Gasteiger charge is 2.21. The van der Waals surface area contributed by atoms with Crippen molar-refractivity contribution in [2.45, 2.75) is 0 Å². The number of ether oxygens (including phenoxy) is 1. The summed E-state index contributed by atoms with van der Waals surface area (Å²) in [6, 6.07) is 17.4. The average molecular weight is 414 g/mol. The molecule has 152 valence electrons. The molecule has 0 radical (unpaired) electrons. The minimum Gasteiger partial charge on any atom is -0.478 e. The van der Waals surface area contributed by atoms with Crippen molar-refractivity contribution in [1.82, 2.24) is 24.8 Å². The van der Waals surface area contributed by atoms with Gasteiger partial charge >= 0.3 is 5.97 Å². The maximum absolute atomic E-state index is 11.2. The number of fused-ring (bicyclic) bond motifs is 1. The molecule has 2 aromatic carbocycles. The third-order valence-electron chi connectivity index (χ3n) is 4.56. The molecule has 31 heavy (non-hydrogen) atoms. The van der Waals surface area contributed by atoms with Gasteiger partial charge in [-0.3, -0.25) is 4.57 Å². The highest BCUT2D eigenvalue weighted by Crippen LogP contribution is 2.32. The Morgan fingerprint density at radius 1 is 1.06 bits per heavy atom. The van der Waals surface area contributed by atoms with Crippen LogP contribution in [0.4, 0.5) is 5.82 Å². The topological polar surface area (TPSA) is 142 Å². The molecule has 0 saturated heterocycles. The first-order chi connectivity index (χ1) is 15.1. The van der Waals surface area contributed by atoms with Gasteiger partial charge in [0.15, 0.2) is 17.3 Å². The maximum Gasteiger partial charge on any atom is 0.335 e. The number of hydrogen-bond donors (Lipinski definition) is 2. The van der Waals surface area contributed by atoms with Crippen molar-refractivity contribution in [1.29, 1.82) is 0 Å². The number of aromatic carboxylic acids is 1. The number of carboxylic acids is 1. The van der Waals surface area contributed by atoms with Crippen molar-refractivity contribution < 1.29 is 19.3 Å². The predicted octanol–water partition coefficient (Wildman–Crippen LogP) is 3.54. The van der Waals surface area contributed by atoms with Gasteiger partial charge in [0, 0.05) is 11.8 Å². The minimum atomic E-state index is -1.04. The van der Waals surface area contributed by atoms with Crippen LogP contribution in [-0.2, 0) is 0 Å². The fraction of sp³-hybridized carbons (Fsp3) is 0. The number of para-hydroxylation sites is 1. The van der Waals surface area contributed by atoms with Gasteiger partial charge in [0.25, 0.3) is 0 Å². The number of anilines is 1. The van der Waals surface area contributed by atoms with Gasteiger partial charge in [0.2, 0.25) is 5.88 Å². The van der Waals surface area contributed by atoms with E-state index in [0.29, 0.717) is 28.3 Å². The molecule has 0 amide bonds. The molecule has 0 atom stereocenters. The van der Waals surface area contributed by atoms with Gasteiger partial charge in [0.05, 0.1) is 17.3 Å². The number of imidazole rings is 1. The van der Waals surface area contributed by atoms with Crippen molar-refractivity contribution in [3.63, 3.8) is 0 Å². The molecule has 10 heteroatoms. The molecule has 0 unspecified atom stereocenters. The van der Waals surface area contributed by atoms with Crippen molar-refractivity contribution in [2.75, 3.05) is 5.73 Å². The number of nitrogens with two attached hydrogens (primary N) is 1. The summed E-state index contributed by atoms with van der Waals surface area (Å²) < 4.78 is 12.4. The summed E-state index contributed by atoms with van der Waals surface area (Å²) in [7, 11) is 0. The van der Waals surface area contributed by atoms with E-state index >= 15 is 0 Å². The zero-order valence-electron chi connectivity index (χ0n) is 15.8. The molecular formula is C21H14N6O4. The van der Waals surface area contributed by atoms with Crippen LogP contribution in [0, 0.1) is 0 Å². The van der Waals surface area contributed by atoms with E-state index in [9.17, 15) is 9.90 Å². The molecule has 3 N–H and O–H groups in total. The van der Waals surface area contributed by atoms with E-state index in [1.165, 1.54) is 12.1 Å². The maximum atomic E-state index is 11.2. The summed E-state index contributed by atoms with van der Waals surface area (Å²) in [6.45, 7) is 0. The van der Waals surface area contributed by atoms with E-state index in [-0.39, 0.29) is 17.3 Å². The number of nitrogen functional groups attached to an aromatic ring is 1. The zero-order chi connectivity index (χ0) is 21.4. The smallest absolute Gasteiger partial charge is 0.335 e. The first-order valence-corrected chi connectivity index (χ1v) is 9.13. The van der Waals surface area contributed by atoms with Crippen molar-refractivity contribution in [2.24, 2.45) is 0 Å². The molecule has 0 saturated carbocycles. The van der Waals surface area contributed by atoms with Gasteiger partial charge in [-0.1, -0.05) is 24.3 Å². The largest absolute Gasteiger partial charge is 0.478 e. The average Bonchev–Trinajstić information content (AvgIpc) is 3.37. The van der Waals surface area contributed by atoms with Crippen molar-refractivity contribution >= 4 is 22.8 Å². The van der Waals surface area contributed by atoms with Crippen LogP contribution >= 0.6 is 0 Å². The van der Waals surface area contributed by atoms with Gasteiger partial charge in [-0.05, 0) is 40.6 Å². The lowest BCUT2D eigenvalue weighted by atomic mass is 10.2. The number of aromatic nitrogens is 5. The highest BCUT2D eigenvalue weighted by molar-refractivity contribution is 5.88. The standard InChI is InChI=1S/C21H14N6O4/c22-19-18(25-31-26-19)20-24-15-11-23-17(30-14-8-4-5-12(9-14)21(28)29)10-16(15)27(20)13-6-2-1-3-7-13/h1-11H,(H2,22,26)(H,28,29). The quantitative estimate of drug-likeness (QED) is 0.441. The minimum absolute atomic E-state index is 0.113. The lowest BCUT2D eigenvalue weighted by Gasteiger charge is -2.09. The highest BCUT2D eigenvalue weighted by atomic mass is 16.6. The Kier molecular flexibility index (Phi) is 4.29. The van der Waals surface area contributed by atoms with E-state index in [4.69, 9.17) is 15.1 Å². The molecular weight excluding hydrogens is 400 g/mol. The fourth-order valence-electron chi connectivity index (χ4n) is 3.18. The summed E-state index contributed by atoms with van der Waals surface area (Å²) in [5, 5.41) is 16.7. The van der Waals surface area contributed by atoms with Gasteiger partial charge in [-0.15, -0.1) is 0 Å². The second-order valence-corrected chi connectivity index (χ2v) is 6.55. The Hall–Kier alpha value is -4.73. The third kappa shape index (κ3) is 3.31. The van der Waals surface area contributed by atoms with Crippen LogP contribution < -0.4 is 10.5 Å². The Balaban J connectivity index is 1.65. The molecule has 3 aromatic heterocycles. The normalized spacial score (nSPS) is 11.0. The Morgan fingerprint density at radius 2 is 1.90 bits per heavy atom. The van der Waals surface area contributed by atoms with Gasteiger partial charge in [-0.2, -0.15) is 0 Å². The second kappa shape index (κ2) is 7.26. The number of rotatable bonds is 5. The van der Waals surface area contributed by atoms with Crippen LogP contribution in [0.15, 0.2) is 71.5 Å². The van der Waals surface area contributed by atoms with E-state index < -0.39 is 5.97 Å². The van der Waals surface area contributed by atoms with Crippen LogP contribution in [0.3, 0.4) is 0 Å². The van der Waals surface area contributed by atoms with Gasteiger partial charge < -0.3 is 15.6 Å². The van der Waals surface area contributed by atoms with Crippen molar-refractivity contribution in [3.05, 3.63) is 72.4 Å². The van der Waals surface area contributed by atoms with E-state index in [1.54, 1.807) is 24.4 Å². The first-order valence-electron chi connectivity index (χ1n) is 9.13. The SMILES string of the molecule is Nc1nonc1-c1nc2cnc(Oc3cccc(C(=O)O)c3)cc2n1-c1ccccc1. The number of pyridine rings is 1. The van der Waals surface area contributed by atoms with Crippen LogP contribution in [0.2, 0.25) is 0 Å². The molecule has 3 heterocycles. The molecule has 0 aliphatic heterocycles. The van der Waals surface area contributed by atoms with E-state index in [2.05, 4.69) is 20.3 Å². The molecule has 5 rings (SSSR count). The summed E-state index contributed by atoms with van der Waals surface area (Å²) in [5.74, 6) is 0.126. The predicted molar refractivity (Wildman–Crippen MR) is 110 cm³/mol. The van der Waals surface area contributed by atoms with Gasteiger partial charge in [-0.25, -0.2) is 19.4 Å². The van der Waals surface area contributed by atoms with Crippen LogP contribution in [0.25, 0.3) is 28.2 Å². The van der Waals surface area contributed by atoms with Crippen LogP contribution in [-0.4, -0.2) is 35.9 Å². The number of hydrogen-bond acceptors (Lipinski definition) is 8. The molecule has 0 aliphatic rings. The van der Waals surface area contributed by atoms with Gasteiger partial charge in [0.1, 0.15) is 11.3 Å². The number of carbonyl (C=O) groups is 1. The van der Waals surface area contributed by atoms with Crippen molar-refractivity contribution in [3.8, 4) is 28.8 Å². The number of carboxylic acid groups (broad SMARTS) is 1. The Morgan fingerprint density at radius 3 is 2.65 bits per heavy atom. The van der Waals surface area contributed by atoms with E-state index in [0.717, 1.165) is 5.69 Å². The lowest BCUT2D eigenvalue weighted by Crippen LogP contribution is -2.00. The summed E-state index contributed by atoms with van der Waals surface area (Å²) in [5.41, 5.74) is 8.39. The molecule has 0 fully saturated rings. The lowest BCUT2D eigenvalue weighted by molar-refractivity contribution is 0.0696. The van der Waals surface area contributed by atoms with Crippen LogP contribution in [0.5, 0.6) is 11.6 Å². The molecule has 0 aliphatic carbocycles. The summed E-state index contributed by atoms with van der Waals surface area (Å²) in [6.07, 6.45) is 1.55.